The average molecular weight is 362 g/mol. The molecule has 0 amide bonds. The number of hydrogen-bond donors (Lipinski definition) is 5. The molecule has 4 aromatic rings. The van der Waals surface area contributed by atoms with E-state index in [0.717, 1.165) is 22.1 Å². The van der Waals surface area contributed by atoms with Crippen molar-refractivity contribution in [1.29, 1.82) is 0 Å². The number of phenols is 3. The number of aromatic hydroxyl groups is 3. The minimum atomic E-state index is 0.0880. The number of hydrogen-bond acceptors (Lipinski definition) is 5. The summed E-state index contributed by atoms with van der Waals surface area (Å²) in [6.45, 7) is 0. The Labute approximate surface area is 157 Å². The van der Waals surface area contributed by atoms with Crippen LogP contribution in [0.1, 0.15) is 0 Å². The summed E-state index contributed by atoms with van der Waals surface area (Å²) in [6, 6.07) is 26.2. The van der Waals surface area contributed by atoms with Crippen LogP contribution < -0.4 is 11.5 Å². The van der Waals surface area contributed by atoms with Gasteiger partial charge < -0.3 is 26.8 Å². The van der Waals surface area contributed by atoms with Crippen LogP contribution in [-0.2, 0) is 0 Å². The molecule has 5 heteroatoms. The van der Waals surface area contributed by atoms with Crippen LogP contribution in [-0.4, -0.2) is 15.3 Å². The second-order valence-electron chi connectivity index (χ2n) is 5.68. The second kappa shape index (κ2) is 9.58. The van der Waals surface area contributed by atoms with Gasteiger partial charge in [0.1, 0.15) is 17.2 Å². The smallest absolute Gasteiger partial charge is 0.123 e. The fourth-order valence-corrected chi connectivity index (χ4v) is 2.20. The third kappa shape index (κ3) is 6.51. The van der Waals surface area contributed by atoms with Gasteiger partial charge in [-0.25, -0.2) is 0 Å². The lowest BCUT2D eigenvalue weighted by Gasteiger charge is -1.97. The van der Waals surface area contributed by atoms with Gasteiger partial charge in [-0.15, -0.1) is 0 Å². The molecule has 0 atom stereocenters. The summed E-state index contributed by atoms with van der Waals surface area (Å²) < 4.78 is 0. The van der Waals surface area contributed by atoms with Gasteiger partial charge in [0.2, 0.25) is 0 Å². The summed E-state index contributed by atoms with van der Waals surface area (Å²) in [5, 5.41) is 28.7. The Morgan fingerprint density at radius 1 is 0.519 bits per heavy atom. The van der Waals surface area contributed by atoms with E-state index in [0.29, 0.717) is 5.75 Å². The Morgan fingerprint density at radius 2 is 1.00 bits per heavy atom. The van der Waals surface area contributed by atoms with Crippen LogP contribution in [0.25, 0.3) is 10.8 Å². The highest BCUT2D eigenvalue weighted by molar-refractivity contribution is 5.87. The molecule has 0 aliphatic carbocycles. The molecule has 0 aliphatic heterocycles. The van der Waals surface area contributed by atoms with Gasteiger partial charge in [0.25, 0.3) is 0 Å². The molecule has 27 heavy (non-hydrogen) atoms. The van der Waals surface area contributed by atoms with Crippen molar-refractivity contribution in [3.63, 3.8) is 0 Å². The summed E-state index contributed by atoms with van der Waals surface area (Å²) in [5.74, 6) is 0.526. The van der Waals surface area contributed by atoms with Gasteiger partial charge in [-0.2, -0.15) is 0 Å². The zero-order chi connectivity index (χ0) is 19.6. The first-order valence-electron chi connectivity index (χ1n) is 8.21. The van der Waals surface area contributed by atoms with E-state index < -0.39 is 0 Å². The molecule has 4 aromatic carbocycles. The highest BCUT2D eigenvalue weighted by Crippen LogP contribution is 2.23. The molecular formula is C22H22N2O3. The van der Waals surface area contributed by atoms with Crippen molar-refractivity contribution in [2.45, 2.75) is 0 Å². The molecule has 0 saturated heterocycles. The molecule has 138 valence electrons. The molecule has 0 spiro atoms. The Hall–Kier alpha value is -3.86. The highest BCUT2D eigenvalue weighted by atomic mass is 16.3. The number of phenolic OH excluding ortho intramolecular Hbond substituents is 3. The number of benzene rings is 4. The lowest BCUT2D eigenvalue weighted by Crippen LogP contribution is -1.86. The summed E-state index contributed by atoms with van der Waals surface area (Å²) >= 11 is 0. The quantitative estimate of drug-likeness (QED) is 0.296. The van der Waals surface area contributed by atoms with Gasteiger partial charge in [0.05, 0.1) is 0 Å². The fraction of sp³-hybridized carbons (Fsp3) is 0. The van der Waals surface area contributed by atoms with Crippen molar-refractivity contribution in [2.24, 2.45) is 0 Å². The van der Waals surface area contributed by atoms with Crippen LogP contribution in [0, 0.1) is 0 Å². The maximum Gasteiger partial charge on any atom is 0.123 e. The zero-order valence-electron chi connectivity index (χ0n) is 14.7. The zero-order valence-corrected chi connectivity index (χ0v) is 14.7. The summed E-state index contributed by atoms with van der Waals surface area (Å²) in [4.78, 5) is 0. The van der Waals surface area contributed by atoms with Crippen LogP contribution in [0.15, 0.2) is 91.0 Å². The number of fused-ring (bicyclic) bond motifs is 1. The molecule has 0 heterocycles. The minimum absolute atomic E-state index is 0.0880. The molecule has 5 nitrogen and oxygen atoms in total. The topological polar surface area (TPSA) is 113 Å². The average Bonchev–Trinajstić information content (AvgIpc) is 2.66. The van der Waals surface area contributed by atoms with Gasteiger partial charge in [0.15, 0.2) is 0 Å². The predicted octanol–water partition coefficient (Wildman–Crippen LogP) is 4.49. The number of anilines is 2. The van der Waals surface area contributed by atoms with E-state index in [4.69, 9.17) is 21.7 Å². The van der Waals surface area contributed by atoms with Gasteiger partial charge in [0, 0.05) is 22.8 Å². The van der Waals surface area contributed by atoms with Gasteiger partial charge in [-0.05, 0) is 47.9 Å². The van der Waals surface area contributed by atoms with Crippen molar-refractivity contribution < 1.29 is 15.3 Å². The normalized spacial score (nSPS) is 9.48. The molecule has 0 saturated carbocycles. The van der Waals surface area contributed by atoms with E-state index in [1.165, 1.54) is 18.2 Å². The molecule has 0 bridgehead atoms. The third-order valence-corrected chi connectivity index (χ3v) is 3.53. The van der Waals surface area contributed by atoms with E-state index in [-0.39, 0.29) is 11.5 Å². The molecule has 0 aromatic heterocycles. The first kappa shape index (κ1) is 19.5. The largest absolute Gasteiger partial charge is 0.508 e. The molecular weight excluding hydrogens is 340 g/mol. The van der Waals surface area contributed by atoms with Crippen molar-refractivity contribution in [3.05, 3.63) is 91.0 Å². The van der Waals surface area contributed by atoms with Crippen LogP contribution in [0.4, 0.5) is 11.4 Å². The van der Waals surface area contributed by atoms with Crippen LogP contribution in [0.5, 0.6) is 17.2 Å². The SMILES string of the molecule is Nc1ccc(N)cc1.Oc1cccc(O)c1.Oc1cccc2ccccc12. The van der Waals surface area contributed by atoms with Crippen molar-refractivity contribution >= 4 is 22.1 Å². The monoisotopic (exact) mass is 362 g/mol. The Kier molecular flexibility index (Phi) is 6.91. The van der Waals surface area contributed by atoms with E-state index in [1.54, 1.807) is 36.4 Å². The first-order chi connectivity index (χ1) is 13.0. The molecule has 0 fully saturated rings. The van der Waals surface area contributed by atoms with Crippen LogP contribution >= 0.6 is 0 Å². The summed E-state index contributed by atoms with van der Waals surface area (Å²) in [5.41, 5.74) is 12.2. The third-order valence-electron chi connectivity index (χ3n) is 3.53. The van der Waals surface area contributed by atoms with E-state index in [1.807, 2.05) is 36.4 Å². The van der Waals surface area contributed by atoms with Gasteiger partial charge >= 0.3 is 0 Å². The number of nitrogen functional groups attached to an aromatic ring is 2. The lowest BCUT2D eigenvalue weighted by molar-refractivity contribution is 0.450. The first-order valence-corrected chi connectivity index (χ1v) is 8.21. The van der Waals surface area contributed by atoms with Crippen molar-refractivity contribution in [1.82, 2.24) is 0 Å². The molecule has 4 rings (SSSR count). The van der Waals surface area contributed by atoms with Gasteiger partial charge in [-0.1, -0.05) is 42.5 Å². The van der Waals surface area contributed by atoms with E-state index >= 15 is 0 Å². The minimum Gasteiger partial charge on any atom is -0.508 e. The van der Waals surface area contributed by atoms with E-state index in [2.05, 4.69) is 0 Å². The molecule has 7 N–H and O–H groups in total. The molecule has 0 aliphatic rings. The lowest BCUT2D eigenvalue weighted by atomic mass is 10.1. The highest BCUT2D eigenvalue weighted by Gasteiger charge is 1.94. The Bertz CT molecular complexity index is 942. The van der Waals surface area contributed by atoms with Gasteiger partial charge in [-0.3, -0.25) is 0 Å². The predicted molar refractivity (Wildman–Crippen MR) is 111 cm³/mol. The van der Waals surface area contributed by atoms with Crippen molar-refractivity contribution in [2.75, 3.05) is 11.5 Å². The van der Waals surface area contributed by atoms with Crippen LogP contribution in [0.2, 0.25) is 0 Å². The Morgan fingerprint density at radius 3 is 1.48 bits per heavy atom. The van der Waals surface area contributed by atoms with E-state index in [9.17, 15) is 5.11 Å². The molecule has 0 unspecified atom stereocenters. The Balaban J connectivity index is 0.000000149. The van der Waals surface area contributed by atoms with Crippen LogP contribution in [0.3, 0.4) is 0 Å². The number of rotatable bonds is 0. The number of nitrogens with two attached hydrogens (primary N) is 2. The fourth-order valence-electron chi connectivity index (χ4n) is 2.20. The second-order valence-corrected chi connectivity index (χ2v) is 5.68. The maximum absolute atomic E-state index is 9.37. The summed E-state index contributed by atoms with van der Waals surface area (Å²) in [6.07, 6.45) is 0. The maximum atomic E-state index is 9.37. The molecule has 0 radical (unpaired) electrons. The summed E-state index contributed by atoms with van der Waals surface area (Å²) in [7, 11) is 0. The van der Waals surface area contributed by atoms with Crippen molar-refractivity contribution in [3.8, 4) is 17.2 Å². The standard InChI is InChI=1S/C10H8O.C6H8N2.C6H6O2/c11-10-7-3-5-8-4-1-2-6-9(8)10;7-5-1-2-6(8)4-3-5;7-5-2-1-3-6(8)4-5/h1-7,11H;1-4H,7-8H2;1-4,7-8H.